The van der Waals surface area contributed by atoms with Crippen molar-refractivity contribution in [3.63, 3.8) is 0 Å². The lowest BCUT2D eigenvalue weighted by Crippen LogP contribution is -2.64. The van der Waals surface area contributed by atoms with E-state index in [-0.39, 0.29) is 17.9 Å². The Labute approximate surface area is 211 Å². The van der Waals surface area contributed by atoms with Crippen LogP contribution in [0.4, 0.5) is 0 Å². The molecule has 1 unspecified atom stereocenters. The highest BCUT2D eigenvalue weighted by atomic mass is 32.1. The van der Waals surface area contributed by atoms with E-state index in [9.17, 15) is 9.59 Å². The zero-order chi connectivity index (χ0) is 24.4. The van der Waals surface area contributed by atoms with Crippen molar-refractivity contribution in [2.24, 2.45) is 0 Å². The third-order valence-corrected chi connectivity index (χ3v) is 8.35. The predicted octanol–water partition coefficient (Wildman–Crippen LogP) is 5.56. The van der Waals surface area contributed by atoms with E-state index in [2.05, 4.69) is 17.4 Å². The number of hydrogen-bond acceptors (Lipinski definition) is 4. The number of rotatable bonds is 5. The Morgan fingerprint density at radius 2 is 1.83 bits per heavy atom. The van der Waals surface area contributed by atoms with Gasteiger partial charge >= 0.3 is 0 Å². The molecule has 1 aromatic carbocycles. The molecule has 0 spiro atoms. The van der Waals surface area contributed by atoms with E-state index in [0.717, 1.165) is 41.8 Å². The van der Waals surface area contributed by atoms with Gasteiger partial charge in [0, 0.05) is 12.6 Å². The zero-order valence-corrected chi connectivity index (χ0v) is 21.4. The molecule has 5 rings (SSSR count). The SMILES string of the molecule is Cc1ccc(CN2C(=O)c3cc(-c4cccs4)nn3CC2(C)C(=O)NC2CCCCCCC2)cc1. The van der Waals surface area contributed by atoms with Crippen LogP contribution in [0.25, 0.3) is 10.6 Å². The molecule has 1 fully saturated rings. The van der Waals surface area contributed by atoms with Crippen molar-refractivity contribution in [2.45, 2.75) is 83.5 Å². The molecule has 3 aromatic rings. The van der Waals surface area contributed by atoms with Gasteiger partial charge in [-0.1, -0.05) is 68.0 Å². The Kier molecular flexibility index (Phi) is 6.78. The van der Waals surface area contributed by atoms with Gasteiger partial charge in [0.1, 0.15) is 16.9 Å². The van der Waals surface area contributed by atoms with Crippen LogP contribution >= 0.6 is 11.3 Å². The molecular weight excluding hydrogens is 456 g/mol. The van der Waals surface area contributed by atoms with Crippen molar-refractivity contribution in [3.05, 3.63) is 64.7 Å². The molecule has 2 amide bonds. The second-order valence-corrected chi connectivity index (χ2v) is 11.2. The highest BCUT2D eigenvalue weighted by Gasteiger charge is 2.48. The third-order valence-electron chi connectivity index (χ3n) is 7.46. The van der Waals surface area contributed by atoms with Crippen LogP contribution in [-0.2, 0) is 17.9 Å². The lowest BCUT2D eigenvalue weighted by Gasteiger charge is -2.44. The average molecular weight is 491 g/mol. The Morgan fingerprint density at radius 3 is 2.51 bits per heavy atom. The van der Waals surface area contributed by atoms with E-state index in [1.165, 1.54) is 24.8 Å². The van der Waals surface area contributed by atoms with Gasteiger partial charge in [-0.25, -0.2) is 0 Å². The fourth-order valence-corrected chi connectivity index (χ4v) is 5.93. The van der Waals surface area contributed by atoms with Crippen molar-refractivity contribution in [2.75, 3.05) is 0 Å². The molecule has 0 radical (unpaired) electrons. The summed E-state index contributed by atoms with van der Waals surface area (Å²) in [7, 11) is 0. The first-order valence-corrected chi connectivity index (χ1v) is 13.6. The van der Waals surface area contributed by atoms with Crippen LogP contribution in [0, 0.1) is 6.92 Å². The first-order valence-electron chi connectivity index (χ1n) is 12.7. The number of nitrogens with zero attached hydrogens (tertiary/aromatic N) is 3. The maximum atomic E-state index is 13.9. The highest BCUT2D eigenvalue weighted by Crippen LogP contribution is 2.33. The van der Waals surface area contributed by atoms with Crippen LogP contribution in [0.3, 0.4) is 0 Å². The Balaban J connectivity index is 1.47. The number of thiophene rings is 1. The van der Waals surface area contributed by atoms with Gasteiger partial charge in [0.2, 0.25) is 5.91 Å². The Bertz CT molecular complexity index is 1180. The monoisotopic (exact) mass is 490 g/mol. The molecule has 35 heavy (non-hydrogen) atoms. The van der Waals surface area contributed by atoms with Crippen LogP contribution in [0.15, 0.2) is 47.8 Å². The zero-order valence-electron chi connectivity index (χ0n) is 20.6. The second-order valence-electron chi connectivity index (χ2n) is 10.2. The Hall–Kier alpha value is -2.93. The second kappa shape index (κ2) is 9.97. The average Bonchev–Trinajstić information content (AvgIpc) is 3.49. The number of fused-ring (bicyclic) bond motifs is 1. The summed E-state index contributed by atoms with van der Waals surface area (Å²) >= 11 is 1.60. The first-order chi connectivity index (χ1) is 16.9. The molecule has 0 saturated heterocycles. The van der Waals surface area contributed by atoms with Crippen LogP contribution in [-0.4, -0.2) is 38.1 Å². The quantitative estimate of drug-likeness (QED) is 0.509. The smallest absolute Gasteiger partial charge is 0.273 e. The maximum Gasteiger partial charge on any atom is 0.273 e. The molecule has 6 nitrogen and oxygen atoms in total. The van der Waals surface area contributed by atoms with Crippen LogP contribution in [0.2, 0.25) is 0 Å². The van der Waals surface area contributed by atoms with Crippen LogP contribution < -0.4 is 5.32 Å². The summed E-state index contributed by atoms with van der Waals surface area (Å²) in [5.74, 6) is -0.232. The lowest BCUT2D eigenvalue weighted by atomic mass is 9.91. The normalized spacial score (nSPS) is 21.3. The predicted molar refractivity (Wildman–Crippen MR) is 139 cm³/mol. The molecule has 0 bridgehead atoms. The van der Waals surface area contributed by atoms with Crippen molar-refractivity contribution >= 4 is 23.2 Å². The minimum atomic E-state index is -1.03. The highest BCUT2D eigenvalue weighted by molar-refractivity contribution is 7.13. The third kappa shape index (κ3) is 4.92. The summed E-state index contributed by atoms with van der Waals surface area (Å²) in [5, 5.41) is 10.1. The topological polar surface area (TPSA) is 67.2 Å². The van der Waals surface area contributed by atoms with Gasteiger partial charge in [0.15, 0.2) is 0 Å². The number of nitrogens with one attached hydrogen (secondary N) is 1. The summed E-state index contributed by atoms with van der Waals surface area (Å²) in [5.41, 5.74) is 2.47. The maximum absolute atomic E-state index is 13.9. The molecular formula is C28H34N4O2S. The summed E-state index contributed by atoms with van der Waals surface area (Å²) in [6.07, 6.45) is 8.02. The molecule has 1 atom stereocenters. The van der Waals surface area contributed by atoms with Gasteiger partial charge in [-0.3, -0.25) is 14.3 Å². The number of aryl methyl sites for hydroxylation is 1. The van der Waals surface area contributed by atoms with Gasteiger partial charge in [-0.05, 0) is 49.8 Å². The molecule has 3 heterocycles. The summed E-state index contributed by atoms with van der Waals surface area (Å²) in [6.45, 7) is 4.66. The summed E-state index contributed by atoms with van der Waals surface area (Å²) < 4.78 is 1.74. The van der Waals surface area contributed by atoms with Crippen molar-refractivity contribution in [3.8, 4) is 10.6 Å². The number of amides is 2. The molecule has 2 aliphatic rings. The fraction of sp³-hybridized carbons (Fsp3) is 0.464. The van der Waals surface area contributed by atoms with E-state index in [1.54, 1.807) is 20.9 Å². The van der Waals surface area contributed by atoms with Gasteiger partial charge in [0.25, 0.3) is 5.91 Å². The van der Waals surface area contributed by atoms with Crippen molar-refractivity contribution in [1.29, 1.82) is 0 Å². The number of carbonyl (C=O) groups excluding carboxylic acids is 2. The molecule has 184 valence electrons. The minimum absolute atomic E-state index is 0.0811. The molecule has 7 heteroatoms. The van der Waals surface area contributed by atoms with E-state index in [1.807, 2.05) is 49.6 Å². The number of hydrogen-bond donors (Lipinski definition) is 1. The number of aromatic nitrogens is 2. The standard InChI is InChI=1S/C28H34N4O2S/c1-20-12-14-21(15-13-20)18-31-26(33)24-17-23(25-11-8-16-35-25)30-32(24)19-28(31,2)27(34)29-22-9-6-4-3-5-7-10-22/h8,11-17,22H,3-7,9-10,18-19H2,1-2H3,(H,29,34). The lowest BCUT2D eigenvalue weighted by molar-refractivity contribution is -0.134. The van der Waals surface area contributed by atoms with E-state index in [4.69, 9.17) is 5.10 Å². The van der Waals surface area contributed by atoms with Gasteiger partial charge in [-0.15, -0.1) is 11.3 Å². The van der Waals surface area contributed by atoms with E-state index >= 15 is 0 Å². The largest absolute Gasteiger partial charge is 0.351 e. The van der Waals surface area contributed by atoms with Gasteiger partial charge < -0.3 is 10.2 Å². The molecule has 1 saturated carbocycles. The van der Waals surface area contributed by atoms with Crippen LogP contribution in [0.5, 0.6) is 0 Å². The first kappa shape index (κ1) is 23.8. The van der Waals surface area contributed by atoms with E-state index in [0.29, 0.717) is 18.8 Å². The fourth-order valence-electron chi connectivity index (χ4n) is 5.25. The van der Waals surface area contributed by atoms with Crippen molar-refractivity contribution in [1.82, 2.24) is 20.0 Å². The minimum Gasteiger partial charge on any atom is -0.351 e. The Morgan fingerprint density at radius 1 is 1.11 bits per heavy atom. The number of carbonyl (C=O) groups is 2. The van der Waals surface area contributed by atoms with Gasteiger partial charge in [-0.2, -0.15) is 5.10 Å². The number of benzene rings is 1. The summed E-state index contributed by atoms with van der Waals surface area (Å²) in [6, 6.07) is 14.2. The molecule has 1 aliphatic carbocycles. The van der Waals surface area contributed by atoms with E-state index < -0.39 is 5.54 Å². The molecule has 1 N–H and O–H groups in total. The van der Waals surface area contributed by atoms with Gasteiger partial charge in [0.05, 0.1) is 11.4 Å². The summed E-state index contributed by atoms with van der Waals surface area (Å²) in [4.78, 5) is 30.5. The molecule has 1 aliphatic heterocycles. The van der Waals surface area contributed by atoms with Crippen LogP contribution in [0.1, 0.15) is 73.5 Å². The van der Waals surface area contributed by atoms with Crippen molar-refractivity contribution < 1.29 is 9.59 Å². The molecule has 2 aromatic heterocycles.